The molecule has 2 aromatic rings. The van der Waals surface area contributed by atoms with E-state index in [2.05, 4.69) is 33.7 Å². The molecule has 1 aromatic carbocycles. The number of aromatic nitrogens is 2. The minimum Gasteiger partial charge on any atom is -0.351 e. The van der Waals surface area contributed by atoms with Crippen molar-refractivity contribution in [3.63, 3.8) is 0 Å². The third-order valence-electron chi connectivity index (χ3n) is 5.43. The van der Waals surface area contributed by atoms with Gasteiger partial charge >= 0.3 is 0 Å². The number of fused-ring (bicyclic) bond motifs is 1. The summed E-state index contributed by atoms with van der Waals surface area (Å²) in [5, 5.41) is 11.1. The van der Waals surface area contributed by atoms with E-state index in [0.717, 1.165) is 64.0 Å². The Labute approximate surface area is 158 Å². The first-order chi connectivity index (χ1) is 13.0. The molecule has 0 bridgehead atoms. The lowest BCUT2D eigenvalue weighted by Gasteiger charge is -2.38. The van der Waals surface area contributed by atoms with E-state index in [9.17, 15) is 10.1 Å². The number of anilines is 2. The summed E-state index contributed by atoms with van der Waals surface area (Å²) in [4.78, 5) is 29.7. The van der Waals surface area contributed by atoms with Crippen LogP contribution in [0.5, 0.6) is 0 Å². The molecule has 2 fully saturated rings. The Morgan fingerprint density at radius 1 is 0.815 bits per heavy atom. The van der Waals surface area contributed by atoms with Gasteiger partial charge in [-0.25, -0.2) is 9.97 Å². The quantitative estimate of drug-likeness (QED) is 0.585. The van der Waals surface area contributed by atoms with Gasteiger partial charge in [-0.2, -0.15) is 0 Å². The first-order valence-corrected chi connectivity index (χ1v) is 9.34. The lowest BCUT2D eigenvalue weighted by atomic mass is 10.2. The molecular weight excluding hydrogens is 346 g/mol. The highest BCUT2D eigenvalue weighted by molar-refractivity contribution is 5.83. The van der Waals surface area contributed by atoms with Crippen molar-refractivity contribution in [2.45, 2.75) is 0 Å². The molecule has 4 rings (SSSR count). The van der Waals surface area contributed by atoms with Crippen LogP contribution in [0.4, 0.5) is 17.3 Å². The van der Waals surface area contributed by atoms with E-state index in [1.54, 1.807) is 6.07 Å². The molecule has 0 saturated carbocycles. The van der Waals surface area contributed by atoms with Gasteiger partial charge in [0.25, 0.3) is 5.69 Å². The van der Waals surface area contributed by atoms with Crippen molar-refractivity contribution in [1.82, 2.24) is 19.8 Å². The Bertz CT molecular complexity index is 843. The number of hydrogen-bond donors (Lipinski definition) is 0. The molecule has 0 spiro atoms. The third-order valence-corrected chi connectivity index (χ3v) is 5.43. The van der Waals surface area contributed by atoms with Gasteiger partial charge in [-0.15, -0.1) is 0 Å². The Hall–Kier alpha value is -2.52. The van der Waals surface area contributed by atoms with Crippen molar-refractivity contribution >= 4 is 28.4 Å². The number of piperazine rings is 2. The van der Waals surface area contributed by atoms with Gasteiger partial charge in [0.15, 0.2) is 11.6 Å². The average molecular weight is 371 g/mol. The summed E-state index contributed by atoms with van der Waals surface area (Å²) >= 11 is 0. The lowest BCUT2D eigenvalue weighted by Crippen LogP contribution is -2.48. The Balaban J connectivity index is 1.77. The third kappa shape index (κ3) is 3.65. The molecule has 9 heteroatoms. The summed E-state index contributed by atoms with van der Waals surface area (Å²) in [6, 6.07) is 4.73. The van der Waals surface area contributed by atoms with Crippen LogP contribution >= 0.6 is 0 Å². The van der Waals surface area contributed by atoms with Crippen molar-refractivity contribution in [2.75, 3.05) is 76.3 Å². The van der Waals surface area contributed by atoms with E-state index in [0.29, 0.717) is 11.0 Å². The zero-order valence-electron chi connectivity index (χ0n) is 15.8. The van der Waals surface area contributed by atoms with Gasteiger partial charge in [0.1, 0.15) is 0 Å². The Morgan fingerprint density at radius 3 is 1.78 bits per heavy atom. The highest BCUT2D eigenvalue weighted by Gasteiger charge is 2.25. The molecule has 2 saturated heterocycles. The number of benzene rings is 1. The minimum absolute atomic E-state index is 0.0495. The smallest absolute Gasteiger partial charge is 0.271 e. The molecule has 3 heterocycles. The normalized spacial score (nSPS) is 19.6. The van der Waals surface area contributed by atoms with Crippen molar-refractivity contribution in [3.8, 4) is 0 Å². The van der Waals surface area contributed by atoms with Crippen LogP contribution in [0.2, 0.25) is 0 Å². The number of rotatable bonds is 3. The maximum atomic E-state index is 11.1. The van der Waals surface area contributed by atoms with Gasteiger partial charge < -0.3 is 19.6 Å². The molecule has 0 unspecified atom stereocenters. The fourth-order valence-corrected chi connectivity index (χ4v) is 3.60. The summed E-state index contributed by atoms with van der Waals surface area (Å²) in [6.07, 6.45) is 0. The maximum absolute atomic E-state index is 11.1. The average Bonchev–Trinajstić information content (AvgIpc) is 2.68. The highest BCUT2D eigenvalue weighted by atomic mass is 16.6. The fourth-order valence-electron chi connectivity index (χ4n) is 3.60. The first kappa shape index (κ1) is 17.9. The SMILES string of the molecule is CN1CCN(c2nc3ccc([N+](=O)[O-])cc3nc2N2CCN(C)CC2)CC1. The Kier molecular flexibility index (Phi) is 4.79. The number of hydrogen-bond acceptors (Lipinski definition) is 8. The van der Waals surface area contributed by atoms with Crippen LogP contribution in [0.15, 0.2) is 18.2 Å². The predicted molar refractivity (Wildman–Crippen MR) is 106 cm³/mol. The first-order valence-electron chi connectivity index (χ1n) is 9.34. The van der Waals surface area contributed by atoms with Gasteiger partial charge in [0.05, 0.1) is 16.0 Å². The van der Waals surface area contributed by atoms with E-state index in [4.69, 9.17) is 9.97 Å². The highest BCUT2D eigenvalue weighted by Crippen LogP contribution is 2.31. The lowest BCUT2D eigenvalue weighted by molar-refractivity contribution is -0.384. The second-order valence-corrected chi connectivity index (χ2v) is 7.38. The van der Waals surface area contributed by atoms with E-state index < -0.39 is 0 Å². The Morgan fingerprint density at radius 2 is 1.30 bits per heavy atom. The summed E-state index contributed by atoms with van der Waals surface area (Å²) < 4.78 is 0. The standard InChI is InChI=1S/C18H25N7O2/c1-21-5-9-23(10-6-21)17-18(24-11-7-22(2)8-12-24)20-16-13-14(25(26)27)3-4-15(16)19-17/h3-4,13H,5-12H2,1-2H3. The predicted octanol–water partition coefficient (Wildman–Crippen LogP) is 1.04. The summed E-state index contributed by atoms with van der Waals surface area (Å²) in [6.45, 7) is 7.49. The van der Waals surface area contributed by atoms with E-state index >= 15 is 0 Å². The fraction of sp³-hybridized carbons (Fsp3) is 0.556. The van der Waals surface area contributed by atoms with Crippen LogP contribution in [0.1, 0.15) is 0 Å². The van der Waals surface area contributed by atoms with Crippen molar-refractivity contribution in [1.29, 1.82) is 0 Å². The summed E-state index contributed by atoms with van der Waals surface area (Å²) in [5.74, 6) is 1.75. The molecule has 0 amide bonds. The van der Waals surface area contributed by atoms with Crippen LogP contribution < -0.4 is 9.80 Å². The van der Waals surface area contributed by atoms with Crippen LogP contribution in [0, 0.1) is 10.1 Å². The molecule has 0 aliphatic carbocycles. The van der Waals surface area contributed by atoms with E-state index in [-0.39, 0.29) is 10.6 Å². The monoisotopic (exact) mass is 371 g/mol. The molecule has 9 nitrogen and oxygen atoms in total. The van der Waals surface area contributed by atoms with Crippen molar-refractivity contribution < 1.29 is 4.92 Å². The van der Waals surface area contributed by atoms with Crippen LogP contribution in [-0.4, -0.2) is 91.1 Å². The number of non-ortho nitro benzene ring substituents is 1. The molecule has 0 radical (unpaired) electrons. The molecule has 1 aromatic heterocycles. The van der Waals surface area contributed by atoms with Gasteiger partial charge in [0, 0.05) is 64.5 Å². The van der Waals surface area contributed by atoms with Crippen molar-refractivity contribution in [2.24, 2.45) is 0 Å². The van der Waals surface area contributed by atoms with Gasteiger partial charge in [0.2, 0.25) is 0 Å². The molecule has 0 atom stereocenters. The minimum atomic E-state index is -0.384. The van der Waals surface area contributed by atoms with Gasteiger partial charge in [-0.1, -0.05) is 0 Å². The molecule has 0 N–H and O–H groups in total. The van der Waals surface area contributed by atoms with Crippen LogP contribution in [-0.2, 0) is 0 Å². The summed E-state index contributed by atoms with van der Waals surface area (Å²) in [5.41, 5.74) is 1.33. The topological polar surface area (TPSA) is 81.9 Å². The van der Waals surface area contributed by atoms with Gasteiger partial charge in [-0.05, 0) is 20.2 Å². The largest absolute Gasteiger partial charge is 0.351 e. The van der Waals surface area contributed by atoms with Gasteiger partial charge in [-0.3, -0.25) is 10.1 Å². The van der Waals surface area contributed by atoms with E-state index in [1.165, 1.54) is 12.1 Å². The number of likely N-dealkylation sites (N-methyl/N-ethyl adjacent to an activating group) is 2. The zero-order chi connectivity index (χ0) is 19.0. The zero-order valence-corrected chi connectivity index (χ0v) is 15.8. The van der Waals surface area contributed by atoms with E-state index in [1.807, 2.05) is 0 Å². The molecule has 2 aliphatic rings. The molecule has 144 valence electrons. The second kappa shape index (κ2) is 7.24. The summed E-state index contributed by atoms with van der Waals surface area (Å²) in [7, 11) is 4.25. The molecule has 2 aliphatic heterocycles. The van der Waals surface area contributed by atoms with Crippen LogP contribution in [0.25, 0.3) is 11.0 Å². The maximum Gasteiger partial charge on any atom is 0.271 e. The second-order valence-electron chi connectivity index (χ2n) is 7.38. The number of nitrogens with zero attached hydrogens (tertiary/aromatic N) is 7. The molecule has 27 heavy (non-hydrogen) atoms. The van der Waals surface area contributed by atoms with Crippen molar-refractivity contribution in [3.05, 3.63) is 28.3 Å². The number of nitro groups is 1. The molecular formula is C18H25N7O2. The number of nitro benzene ring substituents is 1. The van der Waals surface area contributed by atoms with Crippen LogP contribution in [0.3, 0.4) is 0 Å².